The van der Waals surface area contributed by atoms with Crippen LogP contribution in [0, 0.1) is 10.1 Å². The fraction of sp³-hybridized carbons (Fsp3) is 0.0588. The molecule has 144 valence electrons. The van der Waals surface area contributed by atoms with E-state index in [0.29, 0.717) is 9.70 Å². The molecule has 1 N–H and O–H groups in total. The number of nitro benzene ring substituents is 1. The largest absolute Gasteiger partial charge is 0.434 e. The molecule has 7 nitrogen and oxygen atoms in total. The van der Waals surface area contributed by atoms with Gasteiger partial charge in [-0.15, -0.1) is 0 Å². The Labute approximate surface area is 160 Å². The number of halogens is 4. The molecule has 3 rings (SSSR count). The number of nitro groups is 1. The standard InChI is InChI=1S/C17H10ClF3N4O3/c18-10-2-1-3-11(8-10)23-16(26)14-9-22-24(15(14)17(19,20)21)12-4-6-13(7-5-12)25(27)28/h1-9H,(H,23,26). The van der Waals surface area contributed by atoms with Crippen molar-refractivity contribution >= 4 is 28.9 Å². The van der Waals surface area contributed by atoms with Gasteiger partial charge in [0.05, 0.1) is 22.4 Å². The van der Waals surface area contributed by atoms with Gasteiger partial charge in [0.1, 0.15) is 0 Å². The molecule has 0 fully saturated rings. The summed E-state index contributed by atoms with van der Waals surface area (Å²) in [5.74, 6) is -1.03. The van der Waals surface area contributed by atoms with Crippen molar-refractivity contribution in [3.05, 3.63) is 81.1 Å². The molecular weight excluding hydrogens is 401 g/mol. The molecule has 0 aliphatic rings. The van der Waals surface area contributed by atoms with Crippen molar-refractivity contribution in [1.82, 2.24) is 9.78 Å². The first-order chi connectivity index (χ1) is 13.2. The molecule has 28 heavy (non-hydrogen) atoms. The fourth-order valence-electron chi connectivity index (χ4n) is 2.46. The minimum absolute atomic E-state index is 0.0836. The molecule has 11 heteroatoms. The highest BCUT2D eigenvalue weighted by atomic mass is 35.5. The first-order valence-electron chi connectivity index (χ1n) is 7.64. The van der Waals surface area contributed by atoms with Crippen LogP contribution >= 0.6 is 11.6 Å². The quantitative estimate of drug-likeness (QED) is 0.498. The number of nitrogens with zero attached hydrogens (tertiary/aromatic N) is 3. The molecule has 0 saturated carbocycles. The molecule has 0 bridgehead atoms. The summed E-state index contributed by atoms with van der Waals surface area (Å²) in [5, 5.41) is 17.0. The predicted molar refractivity (Wildman–Crippen MR) is 94.6 cm³/mol. The number of hydrogen-bond acceptors (Lipinski definition) is 4. The minimum atomic E-state index is -4.90. The average Bonchev–Trinajstić information content (AvgIpc) is 3.07. The SMILES string of the molecule is O=C(Nc1cccc(Cl)c1)c1cnn(-c2ccc([N+](=O)[O-])cc2)c1C(F)(F)F. The number of alkyl halides is 3. The van der Waals surface area contributed by atoms with Crippen LogP contribution in [-0.2, 0) is 6.18 Å². The van der Waals surface area contributed by atoms with Crippen molar-refractivity contribution in [3.8, 4) is 5.69 Å². The molecule has 0 spiro atoms. The minimum Gasteiger partial charge on any atom is -0.322 e. The van der Waals surface area contributed by atoms with Gasteiger partial charge in [0, 0.05) is 22.8 Å². The van der Waals surface area contributed by atoms with Crippen molar-refractivity contribution in [2.24, 2.45) is 0 Å². The van der Waals surface area contributed by atoms with Crippen molar-refractivity contribution in [2.75, 3.05) is 5.32 Å². The molecule has 1 amide bonds. The number of nitrogens with one attached hydrogen (secondary N) is 1. The number of carbonyl (C=O) groups excluding carboxylic acids is 1. The van der Waals surface area contributed by atoms with E-state index in [1.54, 1.807) is 6.07 Å². The molecule has 0 atom stereocenters. The van der Waals surface area contributed by atoms with Crippen LogP contribution in [0.2, 0.25) is 5.02 Å². The molecule has 2 aromatic carbocycles. The van der Waals surface area contributed by atoms with Crippen LogP contribution in [0.3, 0.4) is 0 Å². The zero-order valence-electron chi connectivity index (χ0n) is 13.8. The second-order valence-corrected chi connectivity index (χ2v) is 5.99. The molecule has 1 heterocycles. The molecule has 1 aromatic heterocycles. The maximum atomic E-state index is 13.6. The Morgan fingerprint density at radius 3 is 2.43 bits per heavy atom. The van der Waals surface area contributed by atoms with E-state index >= 15 is 0 Å². The molecule has 3 aromatic rings. The number of hydrogen-bond donors (Lipinski definition) is 1. The molecule has 0 radical (unpaired) electrons. The van der Waals surface area contributed by atoms with E-state index in [2.05, 4.69) is 10.4 Å². The van der Waals surface area contributed by atoms with Crippen molar-refractivity contribution in [1.29, 1.82) is 0 Å². The van der Waals surface area contributed by atoms with E-state index in [4.69, 9.17) is 11.6 Å². The number of non-ortho nitro benzene ring substituents is 1. The van der Waals surface area contributed by atoms with Crippen LogP contribution in [-0.4, -0.2) is 20.6 Å². The highest BCUT2D eigenvalue weighted by molar-refractivity contribution is 6.31. The number of anilines is 1. The lowest BCUT2D eigenvalue weighted by molar-refractivity contribution is -0.384. The third-order valence-electron chi connectivity index (χ3n) is 3.67. The second kappa shape index (κ2) is 7.31. The predicted octanol–water partition coefficient (Wildman–Crippen LogP) is 4.71. The summed E-state index contributed by atoms with van der Waals surface area (Å²) in [6, 6.07) is 10.2. The molecule has 0 aliphatic carbocycles. The van der Waals surface area contributed by atoms with Crippen LogP contribution in [0.25, 0.3) is 5.69 Å². The van der Waals surface area contributed by atoms with Crippen LogP contribution in [0.15, 0.2) is 54.7 Å². The number of carbonyl (C=O) groups is 1. The summed E-state index contributed by atoms with van der Waals surface area (Å²) < 4.78 is 41.4. The maximum Gasteiger partial charge on any atom is 0.434 e. The lowest BCUT2D eigenvalue weighted by Crippen LogP contribution is -2.20. The topological polar surface area (TPSA) is 90.1 Å². The van der Waals surface area contributed by atoms with Crippen molar-refractivity contribution < 1.29 is 22.9 Å². The number of rotatable bonds is 4. The monoisotopic (exact) mass is 410 g/mol. The number of aromatic nitrogens is 2. The Morgan fingerprint density at radius 1 is 1.18 bits per heavy atom. The van der Waals surface area contributed by atoms with Gasteiger partial charge in [0.2, 0.25) is 0 Å². The van der Waals surface area contributed by atoms with Crippen LogP contribution in [0.1, 0.15) is 16.1 Å². The van der Waals surface area contributed by atoms with Crippen LogP contribution in [0.4, 0.5) is 24.5 Å². The zero-order valence-corrected chi connectivity index (χ0v) is 14.5. The lowest BCUT2D eigenvalue weighted by atomic mass is 10.2. The molecule has 0 unspecified atom stereocenters. The van der Waals surface area contributed by atoms with E-state index < -0.39 is 28.3 Å². The molecular formula is C17H10ClF3N4O3. The van der Waals surface area contributed by atoms with Gasteiger partial charge < -0.3 is 5.32 Å². The van der Waals surface area contributed by atoms with Gasteiger partial charge in [-0.1, -0.05) is 17.7 Å². The number of amides is 1. The Hall–Kier alpha value is -3.40. The highest BCUT2D eigenvalue weighted by Crippen LogP contribution is 2.34. The normalized spacial score (nSPS) is 11.3. The van der Waals surface area contributed by atoms with Crippen molar-refractivity contribution in [2.45, 2.75) is 6.18 Å². The average molecular weight is 411 g/mol. The summed E-state index contributed by atoms with van der Waals surface area (Å²) in [5.41, 5.74) is -2.16. The van der Waals surface area contributed by atoms with E-state index in [1.165, 1.54) is 18.2 Å². The zero-order chi connectivity index (χ0) is 20.5. The third-order valence-corrected chi connectivity index (χ3v) is 3.91. The second-order valence-electron chi connectivity index (χ2n) is 5.55. The van der Waals surface area contributed by atoms with Gasteiger partial charge in [-0.3, -0.25) is 14.9 Å². The number of benzene rings is 2. The van der Waals surface area contributed by atoms with Gasteiger partial charge in [-0.2, -0.15) is 18.3 Å². The fourth-order valence-corrected chi connectivity index (χ4v) is 2.65. The van der Waals surface area contributed by atoms with Gasteiger partial charge in [-0.25, -0.2) is 4.68 Å². The van der Waals surface area contributed by atoms with E-state index in [-0.39, 0.29) is 17.1 Å². The maximum absolute atomic E-state index is 13.6. The lowest BCUT2D eigenvalue weighted by Gasteiger charge is -2.13. The molecule has 0 aliphatic heterocycles. The summed E-state index contributed by atoms with van der Waals surface area (Å²) in [4.78, 5) is 22.4. The smallest absolute Gasteiger partial charge is 0.322 e. The van der Waals surface area contributed by atoms with E-state index in [0.717, 1.165) is 30.5 Å². The van der Waals surface area contributed by atoms with E-state index in [9.17, 15) is 28.1 Å². The van der Waals surface area contributed by atoms with Crippen molar-refractivity contribution in [3.63, 3.8) is 0 Å². The Morgan fingerprint density at radius 2 is 1.86 bits per heavy atom. The molecule has 0 saturated heterocycles. The highest BCUT2D eigenvalue weighted by Gasteiger charge is 2.40. The van der Waals surface area contributed by atoms with Gasteiger partial charge >= 0.3 is 6.18 Å². The Balaban J connectivity index is 2.01. The van der Waals surface area contributed by atoms with Gasteiger partial charge in [0.15, 0.2) is 5.69 Å². The first kappa shape index (κ1) is 19.4. The Bertz CT molecular complexity index is 1050. The van der Waals surface area contributed by atoms with Gasteiger partial charge in [0.25, 0.3) is 11.6 Å². The summed E-state index contributed by atoms with van der Waals surface area (Å²) in [7, 11) is 0. The summed E-state index contributed by atoms with van der Waals surface area (Å²) in [6.45, 7) is 0. The van der Waals surface area contributed by atoms with Gasteiger partial charge in [-0.05, 0) is 30.3 Å². The van der Waals surface area contributed by atoms with Crippen LogP contribution in [0.5, 0.6) is 0 Å². The van der Waals surface area contributed by atoms with Crippen LogP contribution < -0.4 is 5.32 Å². The summed E-state index contributed by atoms with van der Waals surface area (Å²) in [6.07, 6.45) is -4.12. The summed E-state index contributed by atoms with van der Waals surface area (Å²) >= 11 is 5.80. The third kappa shape index (κ3) is 3.96. The van der Waals surface area contributed by atoms with E-state index in [1.807, 2.05) is 0 Å². The Kier molecular flexibility index (Phi) is 5.06. The first-order valence-corrected chi connectivity index (χ1v) is 8.01.